The molecule has 0 aliphatic rings. The highest BCUT2D eigenvalue weighted by molar-refractivity contribution is 6.09. The summed E-state index contributed by atoms with van der Waals surface area (Å²) in [6.45, 7) is 4.31. The second-order valence-corrected chi connectivity index (χ2v) is 8.85. The van der Waals surface area contributed by atoms with Gasteiger partial charge in [-0.2, -0.15) is 0 Å². The van der Waals surface area contributed by atoms with Crippen LogP contribution in [0.1, 0.15) is 11.1 Å². The maximum atomic E-state index is 2.36. The summed E-state index contributed by atoms with van der Waals surface area (Å²) in [4.78, 5) is 2.35. The van der Waals surface area contributed by atoms with Crippen molar-refractivity contribution in [2.75, 3.05) is 4.90 Å². The largest absolute Gasteiger partial charge is 0.310 e. The Hall–Kier alpha value is -4.30. The van der Waals surface area contributed by atoms with Gasteiger partial charge >= 0.3 is 0 Å². The van der Waals surface area contributed by atoms with Crippen LogP contribution in [0.2, 0.25) is 0 Å². The van der Waals surface area contributed by atoms with Gasteiger partial charge in [0.05, 0.1) is 11.0 Å². The van der Waals surface area contributed by atoms with Crippen LogP contribution in [0.3, 0.4) is 0 Å². The first-order valence-electron chi connectivity index (χ1n) is 11.7. The van der Waals surface area contributed by atoms with Gasteiger partial charge in [0, 0.05) is 33.5 Å². The third kappa shape index (κ3) is 3.36. The Morgan fingerprint density at radius 2 is 1.15 bits per heavy atom. The van der Waals surface area contributed by atoms with Crippen molar-refractivity contribution in [3.05, 3.63) is 132 Å². The molecule has 5 aromatic carbocycles. The van der Waals surface area contributed by atoms with Gasteiger partial charge in [-0.05, 0) is 79.6 Å². The van der Waals surface area contributed by atoms with Crippen LogP contribution in [-0.4, -0.2) is 4.57 Å². The molecule has 0 amide bonds. The van der Waals surface area contributed by atoms with E-state index in [4.69, 9.17) is 0 Å². The van der Waals surface area contributed by atoms with Crippen LogP contribution < -0.4 is 4.90 Å². The van der Waals surface area contributed by atoms with Gasteiger partial charge in [-0.15, -0.1) is 0 Å². The number of hydrogen-bond acceptors (Lipinski definition) is 1. The Bertz CT molecular complexity index is 1570. The van der Waals surface area contributed by atoms with Gasteiger partial charge in [-0.25, -0.2) is 0 Å². The van der Waals surface area contributed by atoms with Crippen LogP contribution in [-0.2, 0) is 0 Å². The van der Waals surface area contributed by atoms with E-state index in [-0.39, 0.29) is 0 Å². The molecule has 0 aliphatic heterocycles. The van der Waals surface area contributed by atoms with Crippen LogP contribution in [0, 0.1) is 13.8 Å². The van der Waals surface area contributed by atoms with Crippen molar-refractivity contribution in [2.45, 2.75) is 13.8 Å². The Morgan fingerprint density at radius 1 is 0.529 bits per heavy atom. The predicted octanol–water partition coefficient (Wildman–Crippen LogP) is 8.87. The summed E-state index contributed by atoms with van der Waals surface area (Å²) in [6, 6.07) is 43.5. The van der Waals surface area contributed by atoms with E-state index < -0.39 is 0 Å². The van der Waals surface area contributed by atoms with E-state index in [0.717, 1.165) is 11.4 Å². The minimum Gasteiger partial charge on any atom is -0.310 e. The topological polar surface area (TPSA) is 8.17 Å². The standard InChI is InChI=1S/C32H26N2/c1-23-10-9-12-27(22-23)33(30-15-6-3-11-24(30)2)25-18-20-26(21-19-25)34-31-16-7-4-13-28(31)29-14-5-8-17-32(29)34/h3-22H,1-2H3. The molecule has 2 nitrogen and oxygen atoms in total. The van der Waals surface area contributed by atoms with Gasteiger partial charge in [0.15, 0.2) is 0 Å². The number of aryl methyl sites for hydroxylation is 2. The number of aromatic nitrogens is 1. The Balaban J connectivity index is 1.52. The zero-order valence-corrected chi connectivity index (χ0v) is 19.4. The molecule has 0 saturated heterocycles. The second kappa shape index (κ2) is 8.24. The van der Waals surface area contributed by atoms with Gasteiger partial charge in [-0.3, -0.25) is 0 Å². The average molecular weight is 439 g/mol. The number of hydrogen-bond donors (Lipinski definition) is 0. The zero-order chi connectivity index (χ0) is 23.1. The van der Waals surface area contributed by atoms with E-state index in [9.17, 15) is 0 Å². The lowest BCUT2D eigenvalue weighted by Gasteiger charge is -2.27. The molecule has 2 heteroatoms. The molecule has 1 aromatic heterocycles. The van der Waals surface area contributed by atoms with Gasteiger partial charge in [0.2, 0.25) is 0 Å². The number of anilines is 3. The van der Waals surface area contributed by atoms with Crippen molar-refractivity contribution < 1.29 is 0 Å². The SMILES string of the molecule is Cc1cccc(N(c2ccc(-n3c4ccccc4c4ccccc43)cc2)c2ccccc2C)c1. The smallest absolute Gasteiger partial charge is 0.0541 e. The molecule has 0 atom stereocenters. The third-order valence-electron chi connectivity index (χ3n) is 6.56. The maximum Gasteiger partial charge on any atom is 0.0541 e. The number of benzene rings is 5. The third-order valence-corrected chi connectivity index (χ3v) is 6.56. The van der Waals surface area contributed by atoms with Crippen molar-refractivity contribution >= 4 is 38.9 Å². The summed E-state index contributed by atoms with van der Waals surface area (Å²) < 4.78 is 2.36. The average Bonchev–Trinajstić information content (AvgIpc) is 3.20. The van der Waals surface area contributed by atoms with E-state index in [2.05, 4.69) is 145 Å². The van der Waals surface area contributed by atoms with Crippen molar-refractivity contribution in [2.24, 2.45) is 0 Å². The van der Waals surface area contributed by atoms with E-state index in [1.165, 1.54) is 44.3 Å². The molecule has 1 heterocycles. The summed E-state index contributed by atoms with van der Waals surface area (Å²) in [6.07, 6.45) is 0. The second-order valence-electron chi connectivity index (χ2n) is 8.85. The van der Waals surface area contributed by atoms with Crippen LogP contribution in [0.25, 0.3) is 27.5 Å². The van der Waals surface area contributed by atoms with Gasteiger partial charge < -0.3 is 9.47 Å². The molecular weight excluding hydrogens is 412 g/mol. The molecular formula is C32H26N2. The van der Waals surface area contributed by atoms with Crippen LogP contribution in [0.4, 0.5) is 17.1 Å². The van der Waals surface area contributed by atoms with Crippen molar-refractivity contribution in [1.29, 1.82) is 0 Å². The molecule has 0 aliphatic carbocycles. The van der Waals surface area contributed by atoms with E-state index in [1.54, 1.807) is 0 Å². The molecule has 0 N–H and O–H groups in total. The predicted molar refractivity (Wildman–Crippen MR) is 145 cm³/mol. The lowest BCUT2D eigenvalue weighted by Crippen LogP contribution is -2.11. The number of rotatable bonds is 4. The Morgan fingerprint density at radius 3 is 1.79 bits per heavy atom. The van der Waals surface area contributed by atoms with Gasteiger partial charge in [0.25, 0.3) is 0 Å². The zero-order valence-electron chi connectivity index (χ0n) is 19.4. The van der Waals surface area contributed by atoms with Crippen molar-refractivity contribution in [1.82, 2.24) is 4.57 Å². The van der Waals surface area contributed by atoms with E-state index >= 15 is 0 Å². The highest BCUT2D eigenvalue weighted by atomic mass is 15.1. The molecule has 6 aromatic rings. The Kier molecular flexibility index (Phi) is 4.92. The molecule has 164 valence electrons. The summed E-state index contributed by atoms with van der Waals surface area (Å²) in [7, 11) is 0. The fourth-order valence-corrected chi connectivity index (χ4v) is 4.96. The summed E-state index contributed by atoms with van der Waals surface area (Å²) in [5.74, 6) is 0. The van der Waals surface area contributed by atoms with E-state index in [1.807, 2.05) is 0 Å². The molecule has 0 unspecified atom stereocenters. The molecule has 0 saturated carbocycles. The summed E-state index contributed by atoms with van der Waals surface area (Å²) in [5.41, 5.74) is 9.61. The minimum atomic E-state index is 1.14. The quantitative estimate of drug-likeness (QED) is 0.267. The highest BCUT2D eigenvalue weighted by Crippen LogP contribution is 2.38. The monoisotopic (exact) mass is 438 g/mol. The minimum absolute atomic E-state index is 1.14. The van der Waals surface area contributed by atoms with E-state index in [0.29, 0.717) is 0 Å². The summed E-state index contributed by atoms with van der Waals surface area (Å²) in [5, 5.41) is 2.56. The fraction of sp³-hybridized carbons (Fsp3) is 0.0625. The number of nitrogens with zero attached hydrogens (tertiary/aromatic N) is 2. The Labute approximate surface area is 200 Å². The molecule has 0 bridgehead atoms. The van der Waals surface area contributed by atoms with Crippen LogP contribution in [0.5, 0.6) is 0 Å². The van der Waals surface area contributed by atoms with Crippen molar-refractivity contribution in [3.8, 4) is 5.69 Å². The highest BCUT2D eigenvalue weighted by Gasteiger charge is 2.16. The lowest BCUT2D eigenvalue weighted by atomic mass is 10.1. The molecule has 0 fully saturated rings. The molecule has 0 radical (unpaired) electrons. The van der Waals surface area contributed by atoms with Crippen LogP contribution in [0.15, 0.2) is 121 Å². The summed E-state index contributed by atoms with van der Waals surface area (Å²) >= 11 is 0. The fourth-order valence-electron chi connectivity index (χ4n) is 4.96. The molecule has 34 heavy (non-hydrogen) atoms. The number of fused-ring (bicyclic) bond motifs is 3. The van der Waals surface area contributed by atoms with Crippen LogP contribution >= 0.6 is 0 Å². The van der Waals surface area contributed by atoms with Gasteiger partial charge in [0.1, 0.15) is 0 Å². The first-order chi connectivity index (χ1) is 16.7. The lowest BCUT2D eigenvalue weighted by molar-refractivity contribution is 1.17. The van der Waals surface area contributed by atoms with Crippen molar-refractivity contribution in [3.63, 3.8) is 0 Å². The first-order valence-corrected chi connectivity index (χ1v) is 11.7. The normalized spacial score (nSPS) is 11.2. The first kappa shape index (κ1) is 20.3. The molecule has 0 spiro atoms. The van der Waals surface area contributed by atoms with Gasteiger partial charge in [-0.1, -0.05) is 66.7 Å². The number of para-hydroxylation sites is 3. The molecule has 6 rings (SSSR count). The maximum absolute atomic E-state index is 2.36.